The van der Waals surface area contributed by atoms with Crippen LogP contribution in [0.3, 0.4) is 0 Å². The Hall–Kier alpha value is -1.29. The van der Waals surface area contributed by atoms with Crippen molar-refractivity contribution in [2.24, 2.45) is 10.7 Å². The summed E-state index contributed by atoms with van der Waals surface area (Å²) in [4.78, 5) is 7.55. The lowest BCUT2D eigenvalue weighted by atomic mass is 10.2. The van der Waals surface area contributed by atoms with Crippen molar-refractivity contribution < 1.29 is 0 Å². The Labute approximate surface area is 92.5 Å². The Kier molecular flexibility index (Phi) is 3.91. The highest BCUT2D eigenvalue weighted by Crippen LogP contribution is 2.00. The fourth-order valence-electron chi connectivity index (χ4n) is 1.18. The standard InChI is InChI=1S/C11H19N3Si/c1-15(2,3)14-11(12)13-9-10-7-5-4-6-8-10/h4-8H,9H2,1-3H3,(H3,12,13,14). The number of nitrogens with one attached hydrogen (secondary N) is 1. The van der Waals surface area contributed by atoms with Crippen molar-refractivity contribution in [1.29, 1.82) is 0 Å². The van der Waals surface area contributed by atoms with Crippen LogP contribution >= 0.6 is 0 Å². The van der Waals surface area contributed by atoms with E-state index in [1.54, 1.807) is 0 Å². The summed E-state index contributed by atoms with van der Waals surface area (Å²) in [6, 6.07) is 10.1. The number of nitrogens with zero attached hydrogens (tertiary/aromatic N) is 1. The zero-order chi connectivity index (χ0) is 11.3. The van der Waals surface area contributed by atoms with E-state index in [0.717, 1.165) is 0 Å². The lowest BCUT2D eigenvalue weighted by Gasteiger charge is -2.18. The molecule has 0 heterocycles. The third-order valence-electron chi connectivity index (χ3n) is 1.78. The summed E-state index contributed by atoms with van der Waals surface area (Å²) in [6.07, 6.45) is 0. The van der Waals surface area contributed by atoms with Crippen LogP contribution in [0, 0.1) is 0 Å². The van der Waals surface area contributed by atoms with Gasteiger partial charge in [-0.3, -0.25) is 0 Å². The van der Waals surface area contributed by atoms with Gasteiger partial charge in [0.25, 0.3) is 0 Å². The highest BCUT2D eigenvalue weighted by atomic mass is 28.3. The third-order valence-corrected chi connectivity index (χ3v) is 2.78. The molecule has 0 amide bonds. The molecular weight excluding hydrogens is 202 g/mol. The quantitative estimate of drug-likeness (QED) is 0.465. The van der Waals surface area contributed by atoms with E-state index < -0.39 is 8.24 Å². The van der Waals surface area contributed by atoms with Crippen LogP contribution in [-0.2, 0) is 6.54 Å². The average Bonchev–Trinajstić information content (AvgIpc) is 2.14. The molecule has 0 spiro atoms. The summed E-state index contributed by atoms with van der Waals surface area (Å²) in [5, 5.41) is 0. The van der Waals surface area contributed by atoms with Gasteiger partial charge < -0.3 is 10.7 Å². The van der Waals surface area contributed by atoms with E-state index in [9.17, 15) is 0 Å². The Morgan fingerprint density at radius 3 is 2.40 bits per heavy atom. The van der Waals surface area contributed by atoms with Gasteiger partial charge >= 0.3 is 0 Å². The number of nitrogens with two attached hydrogens (primary N) is 1. The van der Waals surface area contributed by atoms with Crippen molar-refractivity contribution in [3.63, 3.8) is 0 Å². The maximum absolute atomic E-state index is 5.78. The second-order valence-corrected chi connectivity index (χ2v) is 9.31. The number of guanidine groups is 1. The average molecular weight is 221 g/mol. The number of rotatable bonds is 3. The smallest absolute Gasteiger partial charge is 0.180 e. The summed E-state index contributed by atoms with van der Waals surface area (Å²) in [7, 11) is -1.36. The molecule has 0 unspecified atom stereocenters. The number of benzene rings is 1. The fourth-order valence-corrected chi connectivity index (χ4v) is 2.03. The van der Waals surface area contributed by atoms with E-state index in [2.05, 4.69) is 29.6 Å². The maximum atomic E-state index is 5.78. The van der Waals surface area contributed by atoms with Crippen molar-refractivity contribution in [3.05, 3.63) is 35.9 Å². The van der Waals surface area contributed by atoms with Crippen LogP contribution in [0.2, 0.25) is 19.6 Å². The SMILES string of the molecule is C[Si](C)(C)NC(N)=NCc1ccccc1. The van der Waals surface area contributed by atoms with Crippen LogP contribution in [0.4, 0.5) is 0 Å². The zero-order valence-corrected chi connectivity index (χ0v) is 10.6. The van der Waals surface area contributed by atoms with Crippen molar-refractivity contribution in [3.8, 4) is 0 Å². The molecule has 1 rings (SSSR count). The summed E-state index contributed by atoms with van der Waals surface area (Å²) in [5.41, 5.74) is 6.96. The van der Waals surface area contributed by atoms with Gasteiger partial charge in [-0.05, 0) is 5.56 Å². The second kappa shape index (κ2) is 4.98. The molecular formula is C11H19N3Si. The fraction of sp³-hybridized carbons (Fsp3) is 0.364. The minimum Gasteiger partial charge on any atom is -0.383 e. The van der Waals surface area contributed by atoms with Crippen molar-refractivity contribution >= 4 is 14.2 Å². The first-order valence-corrected chi connectivity index (χ1v) is 8.59. The second-order valence-electron chi connectivity index (χ2n) is 4.56. The Morgan fingerprint density at radius 2 is 1.87 bits per heavy atom. The van der Waals surface area contributed by atoms with Gasteiger partial charge in [0.05, 0.1) is 6.54 Å². The third kappa shape index (κ3) is 5.22. The molecule has 3 nitrogen and oxygen atoms in total. The highest BCUT2D eigenvalue weighted by molar-refractivity contribution is 6.75. The van der Waals surface area contributed by atoms with Crippen LogP contribution in [0.15, 0.2) is 35.3 Å². The lowest BCUT2D eigenvalue weighted by molar-refractivity contribution is 1.04. The van der Waals surface area contributed by atoms with E-state index in [1.807, 2.05) is 30.3 Å². The summed E-state index contributed by atoms with van der Waals surface area (Å²) < 4.78 is 0. The molecule has 0 aliphatic carbocycles. The molecule has 0 atom stereocenters. The zero-order valence-electron chi connectivity index (χ0n) is 9.62. The normalized spacial score (nSPS) is 12.6. The molecule has 0 aliphatic rings. The predicted octanol–water partition coefficient (Wildman–Crippen LogP) is 1.93. The maximum Gasteiger partial charge on any atom is 0.180 e. The minimum atomic E-state index is -1.36. The van der Waals surface area contributed by atoms with E-state index in [0.29, 0.717) is 12.5 Å². The molecule has 1 aromatic carbocycles. The van der Waals surface area contributed by atoms with Gasteiger partial charge in [0, 0.05) is 0 Å². The molecule has 4 heteroatoms. The molecule has 82 valence electrons. The van der Waals surface area contributed by atoms with Crippen LogP contribution < -0.4 is 10.7 Å². The van der Waals surface area contributed by atoms with Gasteiger partial charge in [-0.1, -0.05) is 50.0 Å². The monoisotopic (exact) mass is 221 g/mol. The number of aliphatic imine (C=N–C) groups is 1. The topological polar surface area (TPSA) is 50.4 Å². The minimum absolute atomic E-state index is 0.554. The Morgan fingerprint density at radius 1 is 1.27 bits per heavy atom. The number of hydrogen-bond acceptors (Lipinski definition) is 1. The van der Waals surface area contributed by atoms with Gasteiger partial charge in [0.2, 0.25) is 0 Å². The van der Waals surface area contributed by atoms with Crippen molar-refractivity contribution in [1.82, 2.24) is 4.98 Å². The van der Waals surface area contributed by atoms with Crippen molar-refractivity contribution in [2.75, 3.05) is 0 Å². The van der Waals surface area contributed by atoms with Crippen LogP contribution in [0.5, 0.6) is 0 Å². The molecule has 0 saturated heterocycles. The van der Waals surface area contributed by atoms with Gasteiger partial charge in [-0.2, -0.15) is 0 Å². The molecule has 0 bridgehead atoms. The summed E-state index contributed by atoms with van der Waals surface area (Å²) in [6.45, 7) is 7.22. The molecule has 0 aromatic heterocycles. The van der Waals surface area contributed by atoms with Crippen LogP contribution in [0.1, 0.15) is 5.56 Å². The molecule has 0 aliphatic heterocycles. The van der Waals surface area contributed by atoms with E-state index in [4.69, 9.17) is 5.73 Å². The first-order valence-electron chi connectivity index (χ1n) is 5.09. The predicted molar refractivity (Wildman–Crippen MR) is 68.3 cm³/mol. The van der Waals surface area contributed by atoms with Crippen molar-refractivity contribution in [2.45, 2.75) is 26.2 Å². The van der Waals surface area contributed by atoms with E-state index in [1.165, 1.54) is 5.56 Å². The summed E-state index contributed by atoms with van der Waals surface area (Å²) >= 11 is 0. The first kappa shape index (κ1) is 11.8. The Bertz CT molecular complexity index is 327. The molecule has 0 saturated carbocycles. The number of hydrogen-bond donors (Lipinski definition) is 2. The summed E-state index contributed by atoms with van der Waals surface area (Å²) in [5.74, 6) is 0.554. The Balaban J connectivity index is 2.51. The van der Waals surface area contributed by atoms with Gasteiger partial charge in [0.1, 0.15) is 8.24 Å². The van der Waals surface area contributed by atoms with E-state index >= 15 is 0 Å². The molecule has 1 aromatic rings. The van der Waals surface area contributed by atoms with Gasteiger partial charge in [-0.25, -0.2) is 4.99 Å². The molecule has 0 radical (unpaired) electrons. The highest BCUT2D eigenvalue weighted by Gasteiger charge is 2.13. The molecule has 15 heavy (non-hydrogen) atoms. The largest absolute Gasteiger partial charge is 0.383 e. The van der Waals surface area contributed by atoms with E-state index in [-0.39, 0.29) is 0 Å². The van der Waals surface area contributed by atoms with Gasteiger partial charge in [0.15, 0.2) is 5.96 Å². The van der Waals surface area contributed by atoms with Crippen LogP contribution in [0.25, 0.3) is 0 Å². The molecule has 0 fully saturated rings. The van der Waals surface area contributed by atoms with Crippen LogP contribution in [-0.4, -0.2) is 14.2 Å². The first-order chi connectivity index (χ1) is 6.97. The van der Waals surface area contributed by atoms with Gasteiger partial charge in [-0.15, -0.1) is 0 Å². The lowest BCUT2D eigenvalue weighted by Crippen LogP contribution is -2.49. The molecule has 3 N–H and O–H groups in total.